The normalized spacial score (nSPS) is 17.4. The van der Waals surface area contributed by atoms with E-state index in [1.165, 1.54) is 0 Å². The first-order valence-corrected chi connectivity index (χ1v) is 6.42. The summed E-state index contributed by atoms with van der Waals surface area (Å²) in [6, 6.07) is 5.66. The highest BCUT2D eigenvalue weighted by atomic mass is 79.9. The minimum Gasteiger partial charge on any atom is -0.380 e. The Hall–Kier alpha value is -0.870. The van der Waals surface area contributed by atoms with E-state index in [2.05, 4.69) is 28.2 Å². The van der Waals surface area contributed by atoms with Gasteiger partial charge in [-0.2, -0.15) is 0 Å². The Morgan fingerprint density at radius 2 is 2.24 bits per heavy atom. The first-order chi connectivity index (χ1) is 8.02. The van der Waals surface area contributed by atoms with E-state index in [9.17, 15) is 4.79 Å². The van der Waals surface area contributed by atoms with Crippen LogP contribution >= 0.6 is 15.9 Å². The predicted molar refractivity (Wildman–Crippen MR) is 70.1 cm³/mol. The quantitative estimate of drug-likeness (QED) is 0.931. The van der Waals surface area contributed by atoms with Crippen molar-refractivity contribution in [2.45, 2.75) is 13.8 Å². The topological polar surface area (TPSA) is 38.3 Å². The van der Waals surface area contributed by atoms with E-state index in [-0.39, 0.29) is 11.3 Å². The summed E-state index contributed by atoms with van der Waals surface area (Å²) in [4.78, 5) is 12.0. The molecule has 0 saturated carbocycles. The third kappa shape index (κ3) is 2.69. The SMILES string of the molecule is Cc1c(Br)cccc1C(=O)NCC1(C)COC1. The van der Waals surface area contributed by atoms with Gasteiger partial charge in [-0.25, -0.2) is 0 Å². The molecule has 4 heteroatoms. The molecule has 2 rings (SSSR count). The second-order valence-electron chi connectivity index (χ2n) is 4.90. The summed E-state index contributed by atoms with van der Waals surface area (Å²) in [5.74, 6) is -0.0167. The van der Waals surface area contributed by atoms with E-state index < -0.39 is 0 Å². The zero-order valence-corrected chi connectivity index (χ0v) is 11.6. The molecule has 1 aromatic carbocycles. The molecule has 0 unspecified atom stereocenters. The van der Waals surface area contributed by atoms with Crippen LogP contribution in [0.15, 0.2) is 22.7 Å². The van der Waals surface area contributed by atoms with Crippen LogP contribution in [0.25, 0.3) is 0 Å². The number of rotatable bonds is 3. The second kappa shape index (κ2) is 4.78. The van der Waals surface area contributed by atoms with E-state index in [0.717, 1.165) is 28.8 Å². The molecule has 0 radical (unpaired) electrons. The van der Waals surface area contributed by atoms with Crippen molar-refractivity contribution >= 4 is 21.8 Å². The molecule has 1 saturated heterocycles. The van der Waals surface area contributed by atoms with Crippen LogP contribution in [0.5, 0.6) is 0 Å². The van der Waals surface area contributed by atoms with Gasteiger partial charge in [0.1, 0.15) is 0 Å². The van der Waals surface area contributed by atoms with E-state index in [4.69, 9.17) is 4.74 Å². The first kappa shape index (κ1) is 12.6. The molecule has 1 heterocycles. The molecule has 0 aromatic heterocycles. The van der Waals surface area contributed by atoms with Gasteiger partial charge in [0.15, 0.2) is 0 Å². The van der Waals surface area contributed by atoms with Crippen molar-refractivity contribution in [3.63, 3.8) is 0 Å². The van der Waals surface area contributed by atoms with Crippen molar-refractivity contribution in [3.8, 4) is 0 Å². The average molecular weight is 298 g/mol. The lowest BCUT2D eigenvalue weighted by molar-refractivity contribution is -0.0978. The zero-order valence-electron chi connectivity index (χ0n) is 10.0. The maximum Gasteiger partial charge on any atom is 0.251 e. The molecular formula is C13H16BrNO2. The summed E-state index contributed by atoms with van der Waals surface area (Å²) in [7, 11) is 0. The molecule has 1 aromatic rings. The van der Waals surface area contributed by atoms with Crippen LogP contribution in [-0.4, -0.2) is 25.7 Å². The Morgan fingerprint density at radius 3 is 2.82 bits per heavy atom. The van der Waals surface area contributed by atoms with Crippen molar-refractivity contribution in [1.82, 2.24) is 5.32 Å². The molecule has 92 valence electrons. The number of ether oxygens (including phenoxy) is 1. The van der Waals surface area contributed by atoms with Crippen LogP contribution in [-0.2, 0) is 4.74 Å². The molecule has 1 fully saturated rings. The van der Waals surface area contributed by atoms with Crippen molar-refractivity contribution in [2.24, 2.45) is 5.41 Å². The number of nitrogens with one attached hydrogen (secondary N) is 1. The predicted octanol–water partition coefficient (Wildman–Crippen LogP) is 2.52. The highest BCUT2D eigenvalue weighted by Gasteiger charge is 2.33. The summed E-state index contributed by atoms with van der Waals surface area (Å²) < 4.78 is 6.12. The van der Waals surface area contributed by atoms with E-state index in [0.29, 0.717) is 6.54 Å². The Kier molecular flexibility index (Phi) is 3.54. The third-order valence-electron chi connectivity index (χ3n) is 3.09. The van der Waals surface area contributed by atoms with E-state index in [1.54, 1.807) is 0 Å². The molecule has 1 amide bonds. The highest BCUT2D eigenvalue weighted by Crippen LogP contribution is 2.25. The van der Waals surface area contributed by atoms with Gasteiger partial charge < -0.3 is 10.1 Å². The standard InChI is InChI=1S/C13H16BrNO2/c1-9-10(4-3-5-11(9)14)12(16)15-6-13(2)7-17-8-13/h3-5H,6-8H2,1-2H3,(H,15,16). The fourth-order valence-electron chi connectivity index (χ4n) is 1.79. The van der Waals surface area contributed by atoms with Gasteiger partial charge in [0, 0.05) is 22.0 Å². The molecule has 3 nitrogen and oxygen atoms in total. The van der Waals surface area contributed by atoms with Crippen molar-refractivity contribution in [1.29, 1.82) is 0 Å². The van der Waals surface area contributed by atoms with Gasteiger partial charge in [0.25, 0.3) is 5.91 Å². The Morgan fingerprint density at radius 1 is 1.53 bits per heavy atom. The van der Waals surface area contributed by atoms with Crippen LogP contribution < -0.4 is 5.32 Å². The first-order valence-electron chi connectivity index (χ1n) is 5.63. The van der Waals surface area contributed by atoms with Gasteiger partial charge in [-0.1, -0.05) is 28.9 Å². The highest BCUT2D eigenvalue weighted by molar-refractivity contribution is 9.10. The molecule has 17 heavy (non-hydrogen) atoms. The van der Waals surface area contributed by atoms with Crippen molar-refractivity contribution < 1.29 is 9.53 Å². The number of amides is 1. The van der Waals surface area contributed by atoms with Crippen LogP contribution in [0.4, 0.5) is 0 Å². The zero-order chi connectivity index (χ0) is 12.5. The number of carbonyl (C=O) groups is 1. The van der Waals surface area contributed by atoms with E-state index in [1.807, 2.05) is 25.1 Å². The summed E-state index contributed by atoms with van der Waals surface area (Å²) in [6.45, 7) is 6.17. The maximum absolute atomic E-state index is 12.0. The molecule has 0 bridgehead atoms. The van der Waals surface area contributed by atoms with Crippen LogP contribution in [0.3, 0.4) is 0 Å². The fraction of sp³-hybridized carbons (Fsp3) is 0.462. The van der Waals surface area contributed by atoms with Crippen molar-refractivity contribution in [3.05, 3.63) is 33.8 Å². The van der Waals surface area contributed by atoms with Gasteiger partial charge in [0.05, 0.1) is 13.2 Å². The van der Waals surface area contributed by atoms with Gasteiger partial charge in [-0.15, -0.1) is 0 Å². The smallest absolute Gasteiger partial charge is 0.251 e. The summed E-state index contributed by atoms with van der Waals surface area (Å²) in [5, 5.41) is 2.97. The molecule has 1 N–H and O–H groups in total. The minimum atomic E-state index is -0.0167. The molecule has 1 aliphatic heterocycles. The van der Waals surface area contributed by atoms with Crippen LogP contribution in [0.1, 0.15) is 22.8 Å². The summed E-state index contributed by atoms with van der Waals surface area (Å²) in [6.07, 6.45) is 0. The Balaban J connectivity index is 2.02. The number of hydrogen-bond donors (Lipinski definition) is 1. The van der Waals surface area contributed by atoms with Gasteiger partial charge in [0.2, 0.25) is 0 Å². The number of benzene rings is 1. The largest absolute Gasteiger partial charge is 0.380 e. The molecule has 0 atom stereocenters. The lowest BCUT2D eigenvalue weighted by atomic mass is 9.88. The lowest BCUT2D eigenvalue weighted by Gasteiger charge is -2.38. The van der Waals surface area contributed by atoms with Crippen LogP contribution in [0.2, 0.25) is 0 Å². The maximum atomic E-state index is 12.0. The Labute approximate surface area is 110 Å². The minimum absolute atomic E-state index is 0.0167. The number of carbonyl (C=O) groups excluding carboxylic acids is 1. The van der Waals surface area contributed by atoms with Crippen LogP contribution in [0, 0.1) is 12.3 Å². The van der Waals surface area contributed by atoms with Gasteiger partial charge in [-0.3, -0.25) is 4.79 Å². The summed E-state index contributed by atoms with van der Waals surface area (Å²) >= 11 is 3.43. The van der Waals surface area contributed by atoms with Gasteiger partial charge in [-0.05, 0) is 24.6 Å². The second-order valence-corrected chi connectivity index (χ2v) is 5.75. The molecule has 0 aliphatic carbocycles. The monoisotopic (exact) mass is 297 g/mol. The van der Waals surface area contributed by atoms with E-state index >= 15 is 0 Å². The molecule has 1 aliphatic rings. The molecular weight excluding hydrogens is 282 g/mol. The Bertz CT molecular complexity index is 441. The average Bonchev–Trinajstić information content (AvgIpc) is 2.27. The van der Waals surface area contributed by atoms with Gasteiger partial charge >= 0.3 is 0 Å². The fourth-order valence-corrected chi connectivity index (χ4v) is 2.16. The number of hydrogen-bond acceptors (Lipinski definition) is 2. The van der Waals surface area contributed by atoms with Crippen molar-refractivity contribution in [2.75, 3.05) is 19.8 Å². The lowest BCUT2D eigenvalue weighted by Crippen LogP contribution is -2.48. The molecule has 0 spiro atoms. The number of halogens is 1. The summed E-state index contributed by atoms with van der Waals surface area (Å²) in [5.41, 5.74) is 1.80. The third-order valence-corrected chi connectivity index (χ3v) is 3.95.